The molecule has 0 aliphatic heterocycles. The van der Waals surface area contributed by atoms with Crippen molar-refractivity contribution in [3.63, 3.8) is 0 Å². The van der Waals surface area contributed by atoms with Gasteiger partial charge in [0, 0.05) is 9.22 Å². The van der Waals surface area contributed by atoms with Crippen molar-refractivity contribution in [2.45, 2.75) is 25.5 Å². The smallest absolute Gasteiger partial charge is 0.337 e. The molecule has 0 fully saturated rings. The molecule has 19 heavy (non-hydrogen) atoms. The molecule has 6 heteroatoms. The number of carboxylic acid groups (broad SMARTS) is 1. The van der Waals surface area contributed by atoms with Crippen LogP contribution in [0.1, 0.15) is 31.1 Å². The van der Waals surface area contributed by atoms with Gasteiger partial charge in [-0.25, -0.2) is 4.79 Å². The van der Waals surface area contributed by atoms with Gasteiger partial charge in [-0.3, -0.25) is 4.79 Å². The Kier molecular flexibility index (Phi) is 5.43. The van der Waals surface area contributed by atoms with Crippen LogP contribution in [0.2, 0.25) is 0 Å². The van der Waals surface area contributed by atoms with Crippen LogP contribution in [0, 0.1) is 0 Å². The fourth-order valence-electron chi connectivity index (χ4n) is 1.29. The van der Waals surface area contributed by atoms with Gasteiger partial charge < -0.3 is 10.4 Å². The maximum Gasteiger partial charge on any atom is 0.337 e. The summed E-state index contributed by atoms with van der Waals surface area (Å²) < 4.78 is 0.544. The lowest BCUT2D eigenvalue weighted by molar-refractivity contribution is -0.113. The first-order chi connectivity index (χ1) is 8.70. The number of hydrogen-bond acceptors (Lipinski definition) is 3. The quantitative estimate of drug-likeness (QED) is 0.874. The Morgan fingerprint density at radius 3 is 2.53 bits per heavy atom. The molecular formula is C13H16BrNO3S. The molecule has 0 unspecified atom stereocenters. The number of carboxylic acids is 1. The molecule has 0 aliphatic carbocycles. The highest BCUT2D eigenvalue weighted by molar-refractivity contribution is 9.10. The van der Waals surface area contributed by atoms with E-state index in [1.54, 1.807) is 12.1 Å². The van der Waals surface area contributed by atoms with Crippen molar-refractivity contribution < 1.29 is 14.7 Å². The van der Waals surface area contributed by atoms with E-state index in [4.69, 9.17) is 5.11 Å². The molecular weight excluding hydrogens is 330 g/mol. The highest BCUT2D eigenvalue weighted by Crippen LogP contribution is 2.28. The van der Waals surface area contributed by atoms with Crippen molar-refractivity contribution in [3.05, 3.63) is 28.2 Å². The van der Waals surface area contributed by atoms with Gasteiger partial charge in [-0.2, -0.15) is 0 Å². The van der Waals surface area contributed by atoms with E-state index < -0.39 is 5.97 Å². The van der Waals surface area contributed by atoms with Crippen molar-refractivity contribution in [1.82, 2.24) is 0 Å². The van der Waals surface area contributed by atoms with Crippen LogP contribution in [-0.4, -0.2) is 27.5 Å². The summed E-state index contributed by atoms with van der Waals surface area (Å²) in [5.74, 6) is -1.00. The number of hydrogen-bond donors (Lipinski definition) is 2. The summed E-state index contributed by atoms with van der Waals surface area (Å²) in [5.41, 5.74) is 0.373. The minimum absolute atomic E-state index is 0.0130. The van der Waals surface area contributed by atoms with Gasteiger partial charge in [-0.15, -0.1) is 11.8 Å². The number of rotatable bonds is 4. The number of carbonyl (C=O) groups excluding carboxylic acids is 1. The molecule has 0 saturated heterocycles. The molecule has 1 aromatic rings. The van der Waals surface area contributed by atoms with E-state index in [1.807, 2.05) is 20.8 Å². The molecule has 0 atom stereocenters. The first kappa shape index (κ1) is 16.0. The van der Waals surface area contributed by atoms with Crippen LogP contribution in [0.15, 0.2) is 22.7 Å². The lowest BCUT2D eigenvalue weighted by Gasteiger charge is -2.17. The predicted molar refractivity (Wildman–Crippen MR) is 81.9 cm³/mol. The maximum atomic E-state index is 11.8. The largest absolute Gasteiger partial charge is 0.478 e. The zero-order valence-corrected chi connectivity index (χ0v) is 13.4. The fraction of sp³-hybridized carbons (Fsp3) is 0.385. The van der Waals surface area contributed by atoms with Gasteiger partial charge in [0.15, 0.2) is 0 Å². The van der Waals surface area contributed by atoms with Gasteiger partial charge in [0.25, 0.3) is 0 Å². The van der Waals surface area contributed by atoms with Gasteiger partial charge in [0.2, 0.25) is 5.91 Å². The first-order valence-corrected chi connectivity index (χ1v) is 7.44. The number of aromatic carboxylic acids is 1. The molecule has 1 aromatic carbocycles. The molecule has 1 rings (SSSR count). The summed E-state index contributed by atoms with van der Waals surface area (Å²) in [4.78, 5) is 22.9. The number of nitrogens with one attached hydrogen (secondary N) is 1. The van der Waals surface area contributed by atoms with Crippen LogP contribution in [0.4, 0.5) is 5.69 Å². The van der Waals surface area contributed by atoms with E-state index in [1.165, 1.54) is 17.8 Å². The van der Waals surface area contributed by atoms with Crippen LogP contribution in [0.5, 0.6) is 0 Å². The number of carbonyl (C=O) groups is 2. The van der Waals surface area contributed by atoms with E-state index in [0.29, 0.717) is 10.2 Å². The third-order valence-corrected chi connectivity index (χ3v) is 4.08. The molecule has 1 amide bonds. The lowest BCUT2D eigenvalue weighted by Crippen LogP contribution is -2.20. The minimum Gasteiger partial charge on any atom is -0.478 e. The molecule has 0 radical (unpaired) electrons. The third-order valence-electron chi connectivity index (χ3n) is 2.14. The van der Waals surface area contributed by atoms with E-state index in [2.05, 4.69) is 21.2 Å². The van der Waals surface area contributed by atoms with Crippen LogP contribution < -0.4 is 5.32 Å². The molecule has 2 N–H and O–H groups in total. The summed E-state index contributed by atoms with van der Waals surface area (Å²) in [5, 5.41) is 11.7. The summed E-state index contributed by atoms with van der Waals surface area (Å²) in [6, 6.07) is 4.77. The molecule has 0 saturated carbocycles. The van der Waals surface area contributed by atoms with Crippen LogP contribution in [-0.2, 0) is 4.79 Å². The zero-order chi connectivity index (χ0) is 14.6. The van der Waals surface area contributed by atoms with Gasteiger partial charge in [-0.1, -0.05) is 26.8 Å². The predicted octanol–water partition coefficient (Wildman–Crippen LogP) is 3.62. The van der Waals surface area contributed by atoms with E-state index in [9.17, 15) is 9.59 Å². The van der Waals surface area contributed by atoms with E-state index in [0.717, 1.165) is 0 Å². The topological polar surface area (TPSA) is 66.4 Å². The third kappa shape index (κ3) is 5.24. The number of benzene rings is 1. The minimum atomic E-state index is -1.07. The van der Waals surface area contributed by atoms with Crippen LogP contribution in [0.3, 0.4) is 0 Å². The summed E-state index contributed by atoms with van der Waals surface area (Å²) in [6.45, 7) is 6.06. The highest BCUT2D eigenvalue weighted by Gasteiger charge is 2.17. The van der Waals surface area contributed by atoms with Crippen molar-refractivity contribution in [3.8, 4) is 0 Å². The monoisotopic (exact) mass is 345 g/mol. The molecule has 0 aromatic heterocycles. The Morgan fingerprint density at radius 1 is 1.37 bits per heavy atom. The van der Waals surface area contributed by atoms with Gasteiger partial charge in [-0.05, 0) is 28.1 Å². The number of halogens is 1. The van der Waals surface area contributed by atoms with Gasteiger partial charge in [0.1, 0.15) is 0 Å². The molecule has 0 bridgehead atoms. The Bertz CT molecular complexity index is 497. The molecule has 104 valence electrons. The Labute approximate surface area is 125 Å². The number of amides is 1. The average Bonchev–Trinajstić information content (AvgIpc) is 2.28. The van der Waals surface area contributed by atoms with Crippen molar-refractivity contribution >= 4 is 45.3 Å². The Morgan fingerprint density at radius 2 is 2.00 bits per heavy atom. The Hall–Kier alpha value is -1.01. The van der Waals surface area contributed by atoms with E-state index in [-0.39, 0.29) is 22.0 Å². The Balaban J connectivity index is 2.82. The molecule has 0 aliphatic rings. The zero-order valence-electron chi connectivity index (χ0n) is 11.0. The summed E-state index contributed by atoms with van der Waals surface area (Å²) >= 11 is 4.76. The lowest BCUT2D eigenvalue weighted by atomic mass is 10.2. The molecule has 0 spiro atoms. The van der Waals surface area contributed by atoms with E-state index >= 15 is 0 Å². The second kappa shape index (κ2) is 6.43. The average molecular weight is 346 g/mol. The second-order valence-corrected chi connectivity index (χ2v) is 7.57. The van der Waals surface area contributed by atoms with Gasteiger partial charge >= 0.3 is 5.97 Å². The van der Waals surface area contributed by atoms with Crippen molar-refractivity contribution in [1.29, 1.82) is 0 Å². The summed E-state index contributed by atoms with van der Waals surface area (Å²) in [7, 11) is 0. The standard InChI is InChI=1S/C13H16BrNO3S/c1-13(2,3)19-7-10(16)15-11-8(12(17)18)5-4-6-9(11)14/h4-6H,7H2,1-3H3,(H,15,16)(H,17,18). The number of para-hydroxylation sites is 1. The molecule has 4 nitrogen and oxygen atoms in total. The SMILES string of the molecule is CC(C)(C)SCC(=O)Nc1c(Br)cccc1C(=O)O. The number of thioether (sulfide) groups is 1. The van der Waals surface area contributed by atoms with Crippen molar-refractivity contribution in [2.75, 3.05) is 11.1 Å². The van der Waals surface area contributed by atoms with Gasteiger partial charge in [0.05, 0.1) is 17.0 Å². The first-order valence-electron chi connectivity index (χ1n) is 5.66. The highest BCUT2D eigenvalue weighted by atomic mass is 79.9. The second-order valence-electron chi connectivity index (χ2n) is 4.92. The van der Waals surface area contributed by atoms with Crippen LogP contribution in [0.25, 0.3) is 0 Å². The maximum absolute atomic E-state index is 11.8. The van der Waals surface area contributed by atoms with Crippen LogP contribution >= 0.6 is 27.7 Å². The van der Waals surface area contributed by atoms with Crippen molar-refractivity contribution in [2.24, 2.45) is 0 Å². The summed E-state index contributed by atoms with van der Waals surface area (Å²) in [6.07, 6.45) is 0. The normalized spacial score (nSPS) is 11.2. The fourth-order valence-corrected chi connectivity index (χ4v) is 2.39. The molecule has 0 heterocycles. The number of anilines is 1.